The summed E-state index contributed by atoms with van der Waals surface area (Å²) in [5.74, 6) is -0.649. The third kappa shape index (κ3) is 4.21. The molecule has 170 valence electrons. The molecule has 0 radical (unpaired) electrons. The summed E-state index contributed by atoms with van der Waals surface area (Å²) in [7, 11) is -2.64. The van der Waals surface area contributed by atoms with Crippen LogP contribution in [0.3, 0.4) is 0 Å². The SMILES string of the molecule is COc1ccc(CN2C(=O)[C@H]3CCCC[C@@H]3C2=O)cc1S(=O)(=O)Nc1cc(Cl)ccc1C. The topological polar surface area (TPSA) is 92.8 Å². The third-order valence-corrected chi connectivity index (χ3v) is 7.86. The van der Waals surface area contributed by atoms with E-state index < -0.39 is 10.0 Å². The number of hydrogen-bond donors (Lipinski definition) is 1. The van der Waals surface area contributed by atoms with Crippen LogP contribution >= 0.6 is 11.6 Å². The van der Waals surface area contributed by atoms with Crippen molar-refractivity contribution < 1.29 is 22.7 Å². The molecule has 32 heavy (non-hydrogen) atoms. The Hall–Kier alpha value is -2.58. The zero-order valence-corrected chi connectivity index (χ0v) is 19.5. The van der Waals surface area contributed by atoms with E-state index in [2.05, 4.69) is 4.72 Å². The number of hydrogen-bond acceptors (Lipinski definition) is 5. The fourth-order valence-electron chi connectivity index (χ4n) is 4.50. The van der Waals surface area contributed by atoms with E-state index in [9.17, 15) is 18.0 Å². The number of aryl methyl sites for hydroxylation is 1. The number of carbonyl (C=O) groups excluding carboxylic acids is 2. The Labute approximate surface area is 192 Å². The van der Waals surface area contributed by atoms with Gasteiger partial charge in [0.05, 0.1) is 31.2 Å². The van der Waals surface area contributed by atoms with Crippen molar-refractivity contribution in [2.75, 3.05) is 11.8 Å². The number of carbonyl (C=O) groups is 2. The smallest absolute Gasteiger partial charge is 0.265 e. The maximum Gasteiger partial charge on any atom is 0.265 e. The highest BCUT2D eigenvalue weighted by Gasteiger charge is 2.47. The van der Waals surface area contributed by atoms with E-state index >= 15 is 0 Å². The minimum atomic E-state index is -4.02. The number of nitrogens with zero attached hydrogens (tertiary/aromatic N) is 1. The molecular weight excluding hydrogens is 452 g/mol. The number of methoxy groups -OCH3 is 1. The van der Waals surface area contributed by atoms with Gasteiger partial charge in [-0.15, -0.1) is 0 Å². The molecule has 2 aromatic rings. The fraction of sp³-hybridized carbons (Fsp3) is 0.391. The number of imide groups is 1. The zero-order chi connectivity index (χ0) is 23.0. The highest BCUT2D eigenvalue weighted by Crippen LogP contribution is 2.39. The molecule has 0 unspecified atom stereocenters. The van der Waals surface area contributed by atoms with Gasteiger partial charge >= 0.3 is 0 Å². The molecule has 0 bridgehead atoms. The summed E-state index contributed by atoms with van der Waals surface area (Å²) in [6.07, 6.45) is 3.37. The number of amides is 2. The highest BCUT2D eigenvalue weighted by atomic mass is 35.5. The van der Waals surface area contributed by atoms with Gasteiger partial charge in [-0.25, -0.2) is 8.42 Å². The number of halogens is 1. The van der Waals surface area contributed by atoms with Gasteiger partial charge in [0.2, 0.25) is 11.8 Å². The van der Waals surface area contributed by atoms with Gasteiger partial charge in [-0.2, -0.15) is 0 Å². The van der Waals surface area contributed by atoms with Gasteiger partial charge in [-0.1, -0.05) is 36.6 Å². The van der Waals surface area contributed by atoms with Crippen LogP contribution in [0.2, 0.25) is 5.02 Å². The Morgan fingerprint density at radius 3 is 2.34 bits per heavy atom. The molecule has 2 aliphatic rings. The van der Waals surface area contributed by atoms with E-state index in [1.807, 2.05) is 0 Å². The van der Waals surface area contributed by atoms with Crippen LogP contribution in [0.1, 0.15) is 36.8 Å². The quantitative estimate of drug-likeness (QED) is 0.632. The molecule has 1 aliphatic carbocycles. The van der Waals surface area contributed by atoms with E-state index in [4.69, 9.17) is 16.3 Å². The van der Waals surface area contributed by atoms with Gasteiger partial charge < -0.3 is 4.74 Å². The second-order valence-electron chi connectivity index (χ2n) is 8.31. The van der Waals surface area contributed by atoms with Crippen molar-refractivity contribution in [3.8, 4) is 5.75 Å². The summed E-state index contributed by atoms with van der Waals surface area (Å²) < 4.78 is 34.2. The minimum absolute atomic E-state index is 0.0351. The van der Waals surface area contributed by atoms with Crippen LogP contribution in [0.25, 0.3) is 0 Å². The Morgan fingerprint density at radius 1 is 1.06 bits per heavy atom. The molecule has 2 amide bonds. The predicted molar refractivity (Wildman–Crippen MR) is 121 cm³/mol. The molecule has 0 aromatic heterocycles. The number of likely N-dealkylation sites (tertiary alicyclic amines) is 1. The van der Waals surface area contributed by atoms with Crippen molar-refractivity contribution in [2.24, 2.45) is 11.8 Å². The van der Waals surface area contributed by atoms with Gasteiger partial charge in [0, 0.05) is 5.02 Å². The summed E-state index contributed by atoms with van der Waals surface area (Å²) in [6, 6.07) is 9.59. The number of benzene rings is 2. The molecule has 9 heteroatoms. The van der Waals surface area contributed by atoms with Gasteiger partial charge in [0.1, 0.15) is 10.6 Å². The fourth-order valence-corrected chi connectivity index (χ4v) is 6.02. The van der Waals surface area contributed by atoms with Crippen molar-refractivity contribution in [2.45, 2.75) is 44.0 Å². The van der Waals surface area contributed by atoms with Crippen LogP contribution in [0.5, 0.6) is 5.75 Å². The van der Waals surface area contributed by atoms with Crippen molar-refractivity contribution in [1.29, 1.82) is 0 Å². The van der Waals surface area contributed by atoms with Gasteiger partial charge in [0.15, 0.2) is 0 Å². The maximum absolute atomic E-state index is 13.2. The van der Waals surface area contributed by atoms with Crippen molar-refractivity contribution >= 4 is 39.1 Å². The Balaban J connectivity index is 1.63. The molecule has 4 rings (SSSR count). The van der Waals surface area contributed by atoms with E-state index in [-0.39, 0.29) is 40.8 Å². The number of nitrogens with one attached hydrogen (secondary N) is 1. The molecule has 2 atom stereocenters. The van der Waals surface area contributed by atoms with Crippen molar-refractivity contribution in [1.82, 2.24) is 4.90 Å². The molecule has 0 spiro atoms. The third-order valence-electron chi connectivity index (χ3n) is 6.23. The van der Waals surface area contributed by atoms with Gasteiger partial charge in [-0.05, 0) is 55.2 Å². The number of ether oxygens (including phenoxy) is 1. The lowest BCUT2D eigenvalue weighted by molar-refractivity contribution is -0.140. The van der Waals surface area contributed by atoms with Crippen LogP contribution in [0.4, 0.5) is 5.69 Å². The second kappa shape index (κ2) is 8.75. The first kappa shape index (κ1) is 22.6. The van der Waals surface area contributed by atoms with Crippen LogP contribution in [0, 0.1) is 18.8 Å². The van der Waals surface area contributed by atoms with Crippen molar-refractivity contribution in [3.05, 3.63) is 52.5 Å². The second-order valence-corrected chi connectivity index (χ2v) is 10.4. The van der Waals surface area contributed by atoms with E-state index in [1.54, 1.807) is 25.1 Å². The zero-order valence-electron chi connectivity index (χ0n) is 17.9. The lowest BCUT2D eigenvalue weighted by Gasteiger charge is -2.19. The molecule has 7 nitrogen and oxygen atoms in total. The lowest BCUT2D eigenvalue weighted by Crippen LogP contribution is -2.30. The molecule has 1 aliphatic heterocycles. The standard InChI is InChI=1S/C23H25ClN2O5S/c1-14-7-9-16(24)12-19(14)25-32(29,30)21-11-15(8-10-20(21)31-2)13-26-22(27)17-5-3-4-6-18(17)23(26)28/h7-12,17-18,25H,3-6,13H2,1-2H3/t17-,18-/m0/s1. The Morgan fingerprint density at radius 2 is 1.72 bits per heavy atom. The first-order valence-corrected chi connectivity index (χ1v) is 12.4. The molecule has 2 fully saturated rings. The van der Waals surface area contributed by atoms with Crippen LogP contribution in [-0.2, 0) is 26.2 Å². The molecule has 1 saturated heterocycles. The number of rotatable bonds is 6. The average molecular weight is 477 g/mol. The summed E-state index contributed by atoms with van der Waals surface area (Å²) in [5, 5.41) is 0.404. The molecular formula is C23H25ClN2O5S. The highest BCUT2D eigenvalue weighted by molar-refractivity contribution is 7.92. The van der Waals surface area contributed by atoms with Crippen LogP contribution in [0.15, 0.2) is 41.3 Å². The van der Waals surface area contributed by atoms with Gasteiger partial charge in [-0.3, -0.25) is 19.2 Å². The van der Waals surface area contributed by atoms with Crippen molar-refractivity contribution in [3.63, 3.8) is 0 Å². The summed E-state index contributed by atoms with van der Waals surface area (Å²) in [4.78, 5) is 26.8. The minimum Gasteiger partial charge on any atom is -0.495 e. The molecule has 1 N–H and O–H groups in total. The Bertz CT molecular complexity index is 1160. The maximum atomic E-state index is 13.2. The normalized spacial score (nSPS) is 20.9. The van der Waals surface area contributed by atoms with E-state index in [0.29, 0.717) is 21.8 Å². The first-order chi connectivity index (χ1) is 15.2. The molecule has 1 heterocycles. The number of sulfonamides is 1. The summed E-state index contributed by atoms with van der Waals surface area (Å²) in [6.45, 7) is 1.80. The summed E-state index contributed by atoms with van der Waals surface area (Å²) in [5.41, 5.74) is 1.61. The largest absolute Gasteiger partial charge is 0.495 e. The Kier molecular flexibility index (Phi) is 6.18. The summed E-state index contributed by atoms with van der Waals surface area (Å²) >= 11 is 6.02. The van der Waals surface area contributed by atoms with Gasteiger partial charge in [0.25, 0.3) is 10.0 Å². The van der Waals surface area contributed by atoms with E-state index in [1.165, 1.54) is 30.2 Å². The van der Waals surface area contributed by atoms with E-state index in [0.717, 1.165) is 25.7 Å². The molecule has 1 saturated carbocycles. The monoisotopic (exact) mass is 476 g/mol. The average Bonchev–Trinajstić information content (AvgIpc) is 3.01. The lowest BCUT2D eigenvalue weighted by atomic mass is 9.81. The number of fused-ring (bicyclic) bond motifs is 1. The first-order valence-electron chi connectivity index (χ1n) is 10.5. The van der Waals surface area contributed by atoms with Crippen LogP contribution < -0.4 is 9.46 Å². The number of anilines is 1. The predicted octanol–water partition coefficient (Wildman–Crippen LogP) is 4.13. The molecule has 2 aromatic carbocycles. The van der Waals surface area contributed by atoms with Crippen LogP contribution in [-0.4, -0.2) is 32.2 Å².